The monoisotopic (exact) mass is 229 g/mol. The average Bonchev–Trinajstić information content (AvgIpc) is 2.66. The minimum absolute atomic E-state index is 0.0302. The smallest absolute Gasteiger partial charge is 0.267 e. The zero-order valence-electron chi connectivity index (χ0n) is 8.93. The van der Waals surface area contributed by atoms with Gasteiger partial charge in [-0.25, -0.2) is 0 Å². The normalized spacial score (nSPS) is 10.3. The summed E-state index contributed by atoms with van der Waals surface area (Å²) in [4.78, 5) is 13.9. The number of carbonyl (C=O) groups is 1. The van der Waals surface area contributed by atoms with Gasteiger partial charge in [0.05, 0.1) is 12.3 Å². The molecule has 0 saturated carbocycles. The van der Waals surface area contributed by atoms with Crippen molar-refractivity contribution in [2.75, 3.05) is 20.2 Å². The molecule has 84 valence electrons. The number of amides is 1. The summed E-state index contributed by atoms with van der Waals surface area (Å²) in [5.74, 6) is -0.109. The van der Waals surface area contributed by atoms with E-state index in [1.165, 1.54) is 4.90 Å². The molecule has 0 aliphatic carbocycles. The second-order valence-corrected chi connectivity index (χ2v) is 4.00. The number of rotatable bonds is 5. The molecule has 0 radical (unpaired) electrons. The lowest BCUT2D eigenvalue weighted by molar-refractivity contribution is 0.0770. The number of aliphatic hydroxyl groups is 1. The molecule has 0 fully saturated rings. The summed E-state index contributed by atoms with van der Waals surface area (Å²) in [6, 6.07) is 0. The molecular formula is C9H15N3O2S. The summed E-state index contributed by atoms with van der Waals surface area (Å²) in [5.41, 5.74) is 0.761. The molecule has 0 aliphatic heterocycles. The summed E-state index contributed by atoms with van der Waals surface area (Å²) in [7, 11) is 1.66. The van der Waals surface area contributed by atoms with Crippen LogP contribution in [0.15, 0.2) is 0 Å². The fraction of sp³-hybridized carbons (Fsp3) is 0.667. The first-order chi connectivity index (χ1) is 7.20. The van der Waals surface area contributed by atoms with Gasteiger partial charge in [0.25, 0.3) is 5.91 Å². The maximum absolute atomic E-state index is 11.8. The van der Waals surface area contributed by atoms with E-state index in [0.717, 1.165) is 30.1 Å². The Labute approximate surface area is 92.9 Å². The molecule has 0 unspecified atom stereocenters. The highest BCUT2D eigenvalue weighted by atomic mass is 32.1. The Kier molecular flexibility index (Phi) is 4.64. The number of hydrogen-bond donors (Lipinski definition) is 1. The van der Waals surface area contributed by atoms with Gasteiger partial charge < -0.3 is 10.0 Å². The van der Waals surface area contributed by atoms with E-state index < -0.39 is 0 Å². The molecule has 1 rings (SSSR count). The molecule has 1 amide bonds. The Balaban J connectivity index is 2.76. The first kappa shape index (κ1) is 12.1. The Morgan fingerprint density at radius 2 is 2.33 bits per heavy atom. The highest BCUT2D eigenvalue weighted by Crippen LogP contribution is 2.14. The number of likely N-dealkylation sites (N-methyl/N-ethyl adjacent to an activating group) is 1. The lowest BCUT2D eigenvalue weighted by Crippen LogP contribution is -2.29. The van der Waals surface area contributed by atoms with Crippen molar-refractivity contribution < 1.29 is 9.90 Å². The van der Waals surface area contributed by atoms with Crippen LogP contribution in [-0.4, -0.2) is 45.7 Å². The molecule has 15 heavy (non-hydrogen) atoms. The van der Waals surface area contributed by atoms with E-state index in [1.54, 1.807) is 7.05 Å². The Morgan fingerprint density at radius 3 is 2.93 bits per heavy atom. The maximum Gasteiger partial charge on any atom is 0.267 e. The minimum Gasteiger partial charge on any atom is -0.395 e. The Bertz CT molecular complexity index is 327. The van der Waals surface area contributed by atoms with Crippen LogP contribution in [0.1, 0.15) is 28.7 Å². The standard InChI is InChI=1S/C9H15N3O2S/c1-3-4-7-8(15-11-10-7)9(14)12(2)5-6-13/h13H,3-6H2,1-2H3. The fourth-order valence-electron chi connectivity index (χ4n) is 1.20. The number of carbonyl (C=O) groups excluding carboxylic acids is 1. The van der Waals surface area contributed by atoms with Crippen LogP contribution in [0.3, 0.4) is 0 Å². The molecule has 1 aromatic heterocycles. The number of hydrogen-bond acceptors (Lipinski definition) is 5. The lowest BCUT2D eigenvalue weighted by atomic mass is 10.2. The molecule has 0 spiro atoms. The zero-order valence-corrected chi connectivity index (χ0v) is 9.75. The highest BCUT2D eigenvalue weighted by molar-refractivity contribution is 7.07. The van der Waals surface area contributed by atoms with Gasteiger partial charge in [0.15, 0.2) is 0 Å². The Morgan fingerprint density at radius 1 is 1.60 bits per heavy atom. The summed E-state index contributed by atoms with van der Waals surface area (Å²) in [5, 5.41) is 12.7. The first-order valence-electron chi connectivity index (χ1n) is 4.88. The first-order valence-corrected chi connectivity index (χ1v) is 5.65. The largest absolute Gasteiger partial charge is 0.395 e. The van der Waals surface area contributed by atoms with E-state index in [1.807, 2.05) is 6.92 Å². The van der Waals surface area contributed by atoms with Crippen molar-refractivity contribution in [3.05, 3.63) is 10.6 Å². The second kappa shape index (κ2) is 5.77. The molecule has 0 aromatic carbocycles. The Hall–Kier alpha value is -1.01. The van der Waals surface area contributed by atoms with Crippen molar-refractivity contribution >= 4 is 17.4 Å². The zero-order chi connectivity index (χ0) is 11.3. The van der Waals surface area contributed by atoms with Crippen LogP contribution in [0.5, 0.6) is 0 Å². The van der Waals surface area contributed by atoms with Gasteiger partial charge >= 0.3 is 0 Å². The summed E-state index contributed by atoms with van der Waals surface area (Å²) >= 11 is 1.12. The van der Waals surface area contributed by atoms with E-state index in [0.29, 0.717) is 11.4 Å². The van der Waals surface area contributed by atoms with Gasteiger partial charge in [0.2, 0.25) is 0 Å². The lowest BCUT2D eigenvalue weighted by Gasteiger charge is -2.14. The SMILES string of the molecule is CCCc1nnsc1C(=O)N(C)CCO. The minimum atomic E-state index is -0.109. The van der Waals surface area contributed by atoms with Crippen LogP contribution in [0.4, 0.5) is 0 Å². The van der Waals surface area contributed by atoms with Crippen molar-refractivity contribution in [2.24, 2.45) is 0 Å². The number of aromatic nitrogens is 2. The van der Waals surface area contributed by atoms with E-state index in [9.17, 15) is 4.79 Å². The molecule has 0 atom stereocenters. The molecule has 0 aliphatic rings. The quantitative estimate of drug-likeness (QED) is 0.801. The molecule has 0 bridgehead atoms. The van der Waals surface area contributed by atoms with Crippen LogP contribution in [-0.2, 0) is 6.42 Å². The van der Waals surface area contributed by atoms with Gasteiger partial charge in [0, 0.05) is 13.6 Å². The number of aliphatic hydroxyl groups excluding tert-OH is 1. The van der Waals surface area contributed by atoms with Crippen LogP contribution >= 0.6 is 11.5 Å². The van der Waals surface area contributed by atoms with Crippen molar-refractivity contribution in [1.29, 1.82) is 0 Å². The van der Waals surface area contributed by atoms with Crippen molar-refractivity contribution in [3.63, 3.8) is 0 Å². The van der Waals surface area contributed by atoms with Crippen LogP contribution in [0.2, 0.25) is 0 Å². The summed E-state index contributed by atoms with van der Waals surface area (Å²) < 4.78 is 3.79. The second-order valence-electron chi connectivity index (χ2n) is 3.25. The predicted octanol–water partition coefficient (Wildman–Crippen LogP) is 0.555. The summed E-state index contributed by atoms with van der Waals surface area (Å²) in [6.07, 6.45) is 1.71. The van der Waals surface area contributed by atoms with Gasteiger partial charge in [-0.2, -0.15) is 0 Å². The van der Waals surface area contributed by atoms with Gasteiger partial charge in [-0.05, 0) is 18.0 Å². The van der Waals surface area contributed by atoms with Crippen LogP contribution < -0.4 is 0 Å². The van der Waals surface area contributed by atoms with Gasteiger partial charge in [-0.15, -0.1) is 5.10 Å². The molecular weight excluding hydrogens is 214 g/mol. The van der Waals surface area contributed by atoms with Gasteiger partial charge in [0.1, 0.15) is 4.88 Å². The van der Waals surface area contributed by atoms with Crippen molar-refractivity contribution in [3.8, 4) is 0 Å². The van der Waals surface area contributed by atoms with Crippen molar-refractivity contribution in [1.82, 2.24) is 14.5 Å². The van der Waals surface area contributed by atoms with E-state index in [-0.39, 0.29) is 12.5 Å². The van der Waals surface area contributed by atoms with E-state index >= 15 is 0 Å². The van der Waals surface area contributed by atoms with Gasteiger partial charge in [-0.1, -0.05) is 17.8 Å². The molecule has 1 aromatic rings. The maximum atomic E-state index is 11.8. The molecule has 1 N–H and O–H groups in total. The highest BCUT2D eigenvalue weighted by Gasteiger charge is 2.18. The van der Waals surface area contributed by atoms with Crippen LogP contribution in [0, 0.1) is 0 Å². The topological polar surface area (TPSA) is 66.3 Å². The average molecular weight is 229 g/mol. The van der Waals surface area contributed by atoms with E-state index in [2.05, 4.69) is 9.59 Å². The van der Waals surface area contributed by atoms with Crippen molar-refractivity contribution in [2.45, 2.75) is 19.8 Å². The predicted molar refractivity (Wildman–Crippen MR) is 58.0 cm³/mol. The molecule has 0 saturated heterocycles. The number of aryl methyl sites for hydroxylation is 1. The molecule has 6 heteroatoms. The number of nitrogens with zero attached hydrogens (tertiary/aromatic N) is 3. The molecule has 5 nitrogen and oxygen atoms in total. The third-order valence-electron chi connectivity index (χ3n) is 2.02. The third kappa shape index (κ3) is 2.97. The fourth-order valence-corrected chi connectivity index (χ4v) is 1.90. The molecule has 1 heterocycles. The van der Waals surface area contributed by atoms with Crippen LogP contribution in [0.25, 0.3) is 0 Å². The summed E-state index contributed by atoms with van der Waals surface area (Å²) in [6.45, 7) is 2.34. The van der Waals surface area contributed by atoms with Gasteiger partial charge in [-0.3, -0.25) is 4.79 Å². The third-order valence-corrected chi connectivity index (χ3v) is 2.78. The van der Waals surface area contributed by atoms with E-state index in [4.69, 9.17) is 5.11 Å².